The number of para-hydroxylation sites is 1. The summed E-state index contributed by atoms with van der Waals surface area (Å²) in [5.41, 5.74) is 3.16. The molecule has 2 heterocycles. The molecule has 3 nitrogen and oxygen atoms in total. The number of carbonyl (C=O) groups excluding carboxylic acids is 1. The van der Waals surface area contributed by atoms with E-state index in [1.807, 2.05) is 35.4 Å². The summed E-state index contributed by atoms with van der Waals surface area (Å²) >= 11 is 0. The molecule has 0 radical (unpaired) electrons. The fourth-order valence-corrected chi connectivity index (χ4v) is 3.74. The van der Waals surface area contributed by atoms with Crippen LogP contribution in [0.2, 0.25) is 0 Å². The van der Waals surface area contributed by atoms with Gasteiger partial charge in [-0.15, -0.1) is 0 Å². The molecule has 1 atom stereocenters. The molecular weight excluding hydrogens is 296 g/mol. The molecule has 3 aromatic rings. The van der Waals surface area contributed by atoms with Crippen LogP contribution < -0.4 is 0 Å². The van der Waals surface area contributed by atoms with Crippen LogP contribution in [0.5, 0.6) is 0 Å². The lowest BCUT2D eigenvalue weighted by Crippen LogP contribution is -2.34. The number of likely N-dealkylation sites (tertiary alicyclic amines) is 1. The second-order valence-electron chi connectivity index (χ2n) is 6.60. The van der Waals surface area contributed by atoms with Gasteiger partial charge in [-0.1, -0.05) is 55.0 Å². The maximum absolute atomic E-state index is 13.1. The van der Waals surface area contributed by atoms with E-state index in [-0.39, 0.29) is 5.91 Å². The minimum atomic E-state index is 0.148. The number of nitrogens with zero attached hydrogens (tertiary/aromatic N) is 1. The van der Waals surface area contributed by atoms with E-state index in [2.05, 4.69) is 35.3 Å². The number of carbonyl (C=O) groups is 1. The molecule has 0 aliphatic carbocycles. The average molecular weight is 318 g/mol. The van der Waals surface area contributed by atoms with Gasteiger partial charge in [-0.2, -0.15) is 0 Å². The molecule has 3 heteroatoms. The van der Waals surface area contributed by atoms with Crippen molar-refractivity contribution in [2.24, 2.45) is 0 Å². The van der Waals surface area contributed by atoms with Crippen molar-refractivity contribution in [2.45, 2.75) is 25.2 Å². The smallest absolute Gasteiger partial charge is 0.256 e. The molecule has 0 saturated carbocycles. The van der Waals surface area contributed by atoms with Crippen molar-refractivity contribution in [1.82, 2.24) is 9.88 Å². The van der Waals surface area contributed by atoms with Crippen molar-refractivity contribution >= 4 is 16.8 Å². The molecule has 1 aliphatic heterocycles. The van der Waals surface area contributed by atoms with E-state index in [1.54, 1.807) is 0 Å². The number of benzene rings is 2. The van der Waals surface area contributed by atoms with Crippen LogP contribution >= 0.6 is 0 Å². The fraction of sp³-hybridized carbons (Fsp3) is 0.286. The Morgan fingerprint density at radius 1 is 1.00 bits per heavy atom. The summed E-state index contributed by atoms with van der Waals surface area (Å²) in [5.74, 6) is 0.582. The lowest BCUT2D eigenvalue weighted by atomic mass is 9.94. The highest BCUT2D eigenvalue weighted by Gasteiger charge is 2.25. The Morgan fingerprint density at radius 2 is 1.79 bits per heavy atom. The summed E-state index contributed by atoms with van der Waals surface area (Å²) in [6.07, 6.45) is 5.27. The van der Waals surface area contributed by atoms with Gasteiger partial charge in [-0.3, -0.25) is 4.79 Å². The van der Waals surface area contributed by atoms with Crippen LogP contribution in [0.3, 0.4) is 0 Å². The summed E-state index contributed by atoms with van der Waals surface area (Å²) in [6.45, 7) is 1.66. The first-order chi connectivity index (χ1) is 11.8. The van der Waals surface area contributed by atoms with E-state index >= 15 is 0 Å². The molecule has 0 bridgehead atoms. The molecule has 122 valence electrons. The van der Waals surface area contributed by atoms with Crippen LogP contribution in [0.1, 0.15) is 41.1 Å². The van der Waals surface area contributed by atoms with Crippen molar-refractivity contribution in [3.63, 3.8) is 0 Å². The van der Waals surface area contributed by atoms with Gasteiger partial charge in [0.05, 0.1) is 5.56 Å². The summed E-state index contributed by atoms with van der Waals surface area (Å²) in [4.78, 5) is 18.4. The highest BCUT2D eigenvalue weighted by atomic mass is 16.2. The van der Waals surface area contributed by atoms with Crippen molar-refractivity contribution in [3.8, 4) is 0 Å². The van der Waals surface area contributed by atoms with E-state index in [4.69, 9.17) is 0 Å². The Kier molecular flexibility index (Phi) is 4.08. The predicted molar refractivity (Wildman–Crippen MR) is 97.2 cm³/mol. The molecule has 2 aromatic carbocycles. The standard InChI is InChI=1S/C21H22N2O/c24-21(19-14-22-20-12-5-4-11-18(19)20)23-13-7-6-10-17(15-23)16-8-2-1-3-9-16/h1-5,8-9,11-12,14,17,22H,6-7,10,13,15H2/t17-/m1/s1. The zero-order valence-corrected chi connectivity index (χ0v) is 13.7. The minimum Gasteiger partial charge on any atom is -0.360 e. The Bertz CT molecular complexity index is 837. The largest absolute Gasteiger partial charge is 0.360 e. The Hall–Kier alpha value is -2.55. The third kappa shape index (κ3) is 2.82. The highest BCUT2D eigenvalue weighted by Crippen LogP contribution is 2.28. The highest BCUT2D eigenvalue weighted by molar-refractivity contribution is 6.06. The second kappa shape index (κ2) is 6.52. The van der Waals surface area contributed by atoms with E-state index in [9.17, 15) is 4.79 Å². The number of fused-ring (bicyclic) bond motifs is 1. The van der Waals surface area contributed by atoms with Crippen molar-refractivity contribution in [2.75, 3.05) is 13.1 Å². The molecule has 1 saturated heterocycles. The number of rotatable bonds is 2. The lowest BCUT2D eigenvalue weighted by molar-refractivity contribution is 0.0756. The molecule has 0 unspecified atom stereocenters. The van der Waals surface area contributed by atoms with Crippen molar-refractivity contribution in [1.29, 1.82) is 0 Å². The maximum Gasteiger partial charge on any atom is 0.256 e. The summed E-state index contributed by atoms with van der Waals surface area (Å²) in [7, 11) is 0. The molecule has 0 spiro atoms. The monoisotopic (exact) mass is 318 g/mol. The number of aromatic nitrogens is 1. The molecule has 1 N–H and O–H groups in total. The number of hydrogen-bond donors (Lipinski definition) is 1. The number of nitrogens with one attached hydrogen (secondary N) is 1. The van der Waals surface area contributed by atoms with Gasteiger partial charge in [0.1, 0.15) is 0 Å². The second-order valence-corrected chi connectivity index (χ2v) is 6.60. The van der Waals surface area contributed by atoms with E-state index in [0.29, 0.717) is 5.92 Å². The quantitative estimate of drug-likeness (QED) is 0.738. The van der Waals surface area contributed by atoms with Gasteiger partial charge in [0, 0.05) is 36.1 Å². The predicted octanol–water partition coefficient (Wildman–Crippen LogP) is 4.58. The van der Waals surface area contributed by atoms with Gasteiger partial charge >= 0.3 is 0 Å². The van der Waals surface area contributed by atoms with Crippen molar-refractivity contribution < 1.29 is 4.79 Å². The molecule has 4 rings (SSSR count). The Balaban J connectivity index is 1.61. The molecule has 24 heavy (non-hydrogen) atoms. The van der Waals surface area contributed by atoms with Gasteiger partial charge in [0.25, 0.3) is 5.91 Å². The summed E-state index contributed by atoms with van der Waals surface area (Å²) in [6, 6.07) is 18.6. The summed E-state index contributed by atoms with van der Waals surface area (Å²) in [5, 5.41) is 1.02. The summed E-state index contributed by atoms with van der Waals surface area (Å²) < 4.78 is 0. The van der Waals surface area contributed by atoms with E-state index < -0.39 is 0 Å². The van der Waals surface area contributed by atoms with Crippen LogP contribution in [-0.2, 0) is 0 Å². The Morgan fingerprint density at radius 3 is 2.67 bits per heavy atom. The SMILES string of the molecule is O=C(c1c[nH]c2ccccc12)N1CCCC[C@@H](c2ccccc2)C1. The first-order valence-corrected chi connectivity index (χ1v) is 8.73. The van der Waals surface area contributed by atoms with Gasteiger partial charge in [-0.25, -0.2) is 0 Å². The number of aromatic amines is 1. The Labute approximate surface area is 142 Å². The van der Waals surface area contributed by atoms with Crippen LogP contribution in [-0.4, -0.2) is 28.9 Å². The first-order valence-electron chi connectivity index (χ1n) is 8.73. The zero-order chi connectivity index (χ0) is 16.4. The van der Waals surface area contributed by atoms with E-state index in [0.717, 1.165) is 42.4 Å². The van der Waals surface area contributed by atoms with Gasteiger partial charge in [-0.05, 0) is 24.5 Å². The van der Waals surface area contributed by atoms with Crippen LogP contribution in [0.15, 0.2) is 60.8 Å². The van der Waals surface area contributed by atoms with Gasteiger partial charge in [0.15, 0.2) is 0 Å². The number of hydrogen-bond acceptors (Lipinski definition) is 1. The lowest BCUT2D eigenvalue weighted by Gasteiger charge is -2.24. The molecular formula is C21H22N2O. The third-order valence-electron chi connectivity index (χ3n) is 5.05. The van der Waals surface area contributed by atoms with Crippen LogP contribution in [0.25, 0.3) is 10.9 Å². The number of amides is 1. The molecule has 1 fully saturated rings. The fourth-order valence-electron chi connectivity index (χ4n) is 3.74. The minimum absolute atomic E-state index is 0.148. The third-order valence-corrected chi connectivity index (χ3v) is 5.05. The van der Waals surface area contributed by atoms with Gasteiger partial charge < -0.3 is 9.88 Å². The molecule has 1 aromatic heterocycles. The maximum atomic E-state index is 13.1. The van der Waals surface area contributed by atoms with Crippen LogP contribution in [0.4, 0.5) is 0 Å². The van der Waals surface area contributed by atoms with Gasteiger partial charge in [0.2, 0.25) is 0 Å². The average Bonchev–Trinajstić information content (AvgIpc) is 2.91. The van der Waals surface area contributed by atoms with Crippen LogP contribution in [0, 0.1) is 0 Å². The molecule has 1 amide bonds. The first kappa shape index (κ1) is 15.0. The number of H-pyrrole nitrogens is 1. The zero-order valence-electron chi connectivity index (χ0n) is 13.7. The van der Waals surface area contributed by atoms with E-state index in [1.165, 1.54) is 12.0 Å². The molecule has 1 aliphatic rings. The topological polar surface area (TPSA) is 36.1 Å². The van der Waals surface area contributed by atoms with Crippen molar-refractivity contribution in [3.05, 3.63) is 71.9 Å². The normalized spacial score (nSPS) is 18.5.